The van der Waals surface area contributed by atoms with Crippen molar-refractivity contribution in [3.8, 4) is 0 Å². The molecule has 1 unspecified atom stereocenters. The average molecular weight is 707 g/mol. The average Bonchev–Trinajstić information content (AvgIpc) is 3.78. The highest BCUT2D eigenvalue weighted by Gasteiger charge is 2.39. The second-order valence-electron chi connectivity index (χ2n) is 12.7. The Labute approximate surface area is 297 Å². The van der Waals surface area contributed by atoms with Crippen LogP contribution in [0.1, 0.15) is 110 Å². The molecule has 274 valence electrons. The second-order valence-corrected chi connectivity index (χ2v) is 12.7. The van der Waals surface area contributed by atoms with E-state index < -0.39 is 23.4 Å². The van der Waals surface area contributed by atoms with E-state index in [0.717, 1.165) is 40.5 Å². The van der Waals surface area contributed by atoms with E-state index in [1.165, 1.54) is 62.3 Å². The molecule has 10 nitrogen and oxygen atoms in total. The highest BCUT2D eigenvalue weighted by atomic mass is 19.4. The zero-order valence-corrected chi connectivity index (χ0v) is 29.4. The molecular formula is C38H49F3N8O2. The number of benzene rings is 2. The zero-order chi connectivity index (χ0) is 36.8. The topological polar surface area (TPSA) is 150 Å². The maximum absolute atomic E-state index is 12.9. The van der Waals surface area contributed by atoms with E-state index in [1.54, 1.807) is 29.2 Å². The predicted molar refractivity (Wildman–Crippen MR) is 194 cm³/mol. The van der Waals surface area contributed by atoms with Crippen molar-refractivity contribution in [3.63, 3.8) is 0 Å². The molecule has 0 fully saturated rings. The maximum Gasteiger partial charge on any atom is 0.436 e. The number of hydrogen-bond acceptors (Lipinski definition) is 7. The lowest BCUT2D eigenvalue weighted by Gasteiger charge is -2.13. The number of alkyl halides is 3. The first-order valence-electron chi connectivity index (χ1n) is 17.5. The van der Waals surface area contributed by atoms with Gasteiger partial charge in [0.2, 0.25) is 0 Å². The van der Waals surface area contributed by atoms with Gasteiger partial charge in [0.1, 0.15) is 11.4 Å². The first kappa shape index (κ1) is 39.0. The number of nitrogens with zero attached hydrogens (tertiary/aromatic N) is 5. The van der Waals surface area contributed by atoms with E-state index in [0.29, 0.717) is 17.9 Å². The van der Waals surface area contributed by atoms with Crippen molar-refractivity contribution in [2.75, 3.05) is 12.3 Å². The number of hydrogen-bond donors (Lipinski definition) is 4. The van der Waals surface area contributed by atoms with Crippen LogP contribution in [0.2, 0.25) is 0 Å². The van der Waals surface area contributed by atoms with Crippen LogP contribution in [-0.2, 0) is 25.8 Å². The number of carboxylic acid groups (broad SMARTS) is 1. The van der Waals surface area contributed by atoms with Crippen molar-refractivity contribution in [3.05, 3.63) is 107 Å². The van der Waals surface area contributed by atoms with E-state index in [9.17, 15) is 18.0 Å². The molecule has 0 amide bonds. The molecule has 5 aromatic rings. The van der Waals surface area contributed by atoms with Gasteiger partial charge in [0.05, 0.1) is 18.8 Å². The zero-order valence-electron chi connectivity index (χ0n) is 29.4. The van der Waals surface area contributed by atoms with Gasteiger partial charge in [0.15, 0.2) is 5.69 Å². The van der Waals surface area contributed by atoms with Crippen molar-refractivity contribution in [1.82, 2.24) is 29.9 Å². The molecule has 0 aliphatic heterocycles. The number of anilines is 1. The molecule has 13 heteroatoms. The number of unbranched alkanes of at least 4 members (excludes halogenated alkanes) is 7. The number of fused-ring (bicyclic) bond motifs is 1. The van der Waals surface area contributed by atoms with Crippen molar-refractivity contribution in [1.29, 1.82) is 0 Å². The molecule has 0 saturated heterocycles. The Morgan fingerprint density at radius 3 is 2.25 bits per heavy atom. The van der Waals surface area contributed by atoms with Gasteiger partial charge in [-0.2, -0.15) is 23.4 Å². The number of halogens is 3. The van der Waals surface area contributed by atoms with Gasteiger partial charge < -0.3 is 21.9 Å². The molecule has 0 saturated carbocycles. The van der Waals surface area contributed by atoms with Gasteiger partial charge in [0.25, 0.3) is 0 Å². The monoisotopic (exact) mass is 706 g/mol. The molecular weight excluding hydrogens is 657 g/mol. The minimum atomic E-state index is -4.83. The number of pyridine rings is 1. The predicted octanol–water partition coefficient (Wildman–Crippen LogP) is 7.96. The van der Waals surface area contributed by atoms with Crippen LogP contribution in [0, 0.1) is 0 Å². The lowest BCUT2D eigenvalue weighted by Crippen LogP contribution is -2.14. The van der Waals surface area contributed by atoms with Gasteiger partial charge in [-0.1, -0.05) is 88.3 Å². The third-order valence-corrected chi connectivity index (χ3v) is 8.75. The third-order valence-electron chi connectivity index (χ3n) is 8.75. The first-order valence-corrected chi connectivity index (χ1v) is 17.5. The van der Waals surface area contributed by atoms with Crippen LogP contribution in [0.4, 0.5) is 19.0 Å². The highest BCUT2D eigenvalue weighted by molar-refractivity contribution is 5.91. The van der Waals surface area contributed by atoms with Crippen LogP contribution >= 0.6 is 0 Å². The van der Waals surface area contributed by atoms with Gasteiger partial charge in [-0.25, -0.2) is 9.78 Å². The fourth-order valence-corrected chi connectivity index (χ4v) is 5.78. The smallest absolute Gasteiger partial charge is 0.436 e. The molecule has 0 spiro atoms. The van der Waals surface area contributed by atoms with E-state index in [-0.39, 0.29) is 12.6 Å². The van der Waals surface area contributed by atoms with E-state index in [1.807, 2.05) is 31.3 Å². The Balaban J connectivity index is 0.000000233. The number of aromatic nitrogens is 5. The summed E-state index contributed by atoms with van der Waals surface area (Å²) in [6, 6.07) is 15.6. The molecule has 1 atom stereocenters. The van der Waals surface area contributed by atoms with Crippen LogP contribution in [0.5, 0.6) is 0 Å². The molecule has 6 N–H and O–H groups in total. The number of aromatic carboxylic acids is 1. The van der Waals surface area contributed by atoms with Crippen LogP contribution in [0.3, 0.4) is 0 Å². The first-order chi connectivity index (χ1) is 24.5. The molecule has 3 heterocycles. The van der Waals surface area contributed by atoms with Crippen LogP contribution in [0.15, 0.2) is 73.3 Å². The Morgan fingerprint density at radius 2 is 1.63 bits per heavy atom. The molecule has 5 rings (SSSR count). The molecule has 0 radical (unpaired) electrons. The fraction of sp³-hybridized carbons (Fsp3) is 0.421. The molecule has 0 bridgehead atoms. The van der Waals surface area contributed by atoms with E-state index in [2.05, 4.69) is 45.6 Å². The minimum absolute atomic E-state index is 0.0180. The molecule has 0 aliphatic rings. The van der Waals surface area contributed by atoms with Crippen molar-refractivity contribution >= 4 is 22.6 Å². The molecule has 3 aromatic heterocycles. The van der Waals surface area contributed by atoms with Crippen LogP contribution in [-0.4, -0.2) is 42.2 Å². The standard InChI is InChI=1S/C20H31N3.C18H18F3N5O2/c1-2-3-4-5-6-7-8-9-13-22-16-17-10-11-19-18(15-17)12-14-23-20(19)21;1-11(26-9-13(6-22)7-23-26)14-4-2-12(3-5-14)8-25-10-15(17(27)28)16(24-25)18(19,20)21/h10-12,14-15,22H,2-9,13,16H2,1H3,(H2,21,23);2-5,7,9-11H,6,8,22H2,1H3,(H,27,28). The van der Waals surface area contributed by atoms with Crippen LogP contribution < -0.4 is 16.8 Å². The summed E-state index contributed by atoms with van der Waals surface area (Å²) < 4.78 is 41.6. The highest BCUT2D eigenvalue weighted by Crippen LogP contribution is 2.31. The maximum atomic E-state index is 12.9. The van der Waals surface area contributed by atoms with Gasteiger partial charge in [-0.15, -0.1) is 0 Å². The molecule has 0 aliphatic carbocycles. The lowest BCUT2D eigenvalue weighted by atomic mass is 10.1. The number of nitrogen functional groups attached to an aromatic ring is 1. The number of nitrogens with two attached hydrogens (primary N) is 2. The SMILES string of the molecule is CC(c1ccc(Cn2cc(C(=O)O)c(C(F)(F)F)n2)cc1)n1cc(CN)cn1.CCCCCCCCCCNCc1ccc2c(N)nccc2c1. The Bertz CT molecular complexity index is 1820. The Kier molecular flexibility index (Phi) is 14.6. The summed E-state index contributed by atoms with van der Waals surface area (Å²) in [5, 5.41) is 22.4. The van der Waals surface area contributed by atoms with E-state index >= 15 is 0 Å². The number of rotatable bonds is 17. The number of carboxylic acids is 1. The second kappa shape index (κ2) is 19.0. The summed E-state index contributed by atoms with van der Waals surface area (Å²) in [5.41, 5.74) is 13.1. The van der Waals surface area contributed by atoms with Crippen molar-refractivity contribution in [2.45, 2.75) is 97.1 Å². The summed E-state index contributed by atoms with van der Waals surface area (Å²) in [4.78, 5) is 15.2. The van der Waals surface area contributed by atoms with Gasteiger partial charge >= 0.3 is 12.1 Å². The van der Waals surface area contributed by atoms with E-state index in [4.69, 9.17) is 16.6 Å². The Morgan fingerprint density at radius 1 is 0.941 bits per heavy atom. The van der Waals surface area contributed by atoms with Gasteiger partial charge in [0, 0.05) is 42.6 Å². The summed E-state index contributed by atoms with van der Waals surface area (Å²) in [6.45, 7) is 6.68. The minimum Gasteiger partial charge on any atom is -0.478 e. The fourth-order valence-electron chi connectivity index (χ4n) is 5.78. The van der Waals surface area contributed by atoms with Gasteiger partial charge in [-0.3, -0.25) is 9.36 Å². The molecule has 51 heavy (non-hydrogen) atoms. The largest absolute Gasteiger partial charge is 0.478 e. The summed E-state index contributed by atoms with van der Waals surface area (Å²) in [5.74, 6) is -1.06. The Hall–Kier alpha value is -4.75. The number of nitrogens with one attached hydrogen (secondary N) is 1. The summed E-state index contributed by atoms with van der Waals surface area (Å²) in [6.07, 6.45) is 12.4. The third kappa shape index (κ3) is 11.6. The van der Waals surface area contributed by atoms with Crippen molar-refractivity contribution in [2.24, 2.45) is 5.73 Å². The lowest BCUT2D eigenvalue weighted by molar-refractivity contribution is -0.142. The molecule has 2 aromatic carbocycles. The summed E-state index contributed by atoms with van der Waals surface area (Å²) >= 11 is 0. The van der Waals surface area contributed by atoms with Crippen LogP contribution in [0.25, 0.3) is 10.8 Å². The number of carbonyl (C=O) groups is 1. The quantitative estimate of drug-likeness (QED) is 0.0712. The normalized spacial score (nSPS) is 12.1. The van der Waals surface area contributed by atoms with Crippen molar-refractivity contribution < 1.29 is 23.1 Å². The summed E-state index contributed by atoms with van der Waals surface area (Å²) in [7, 11) is 0. The van der Waals surface area contributed by atoms with Gasteiger partial charge in [-0.05, 0) is 54.1 Å².